The molecule has 1 aromatic rings. The maximum absolute atomic E-state index is 11.8. The number of nitrogens with one attached hydrogen (secondary N) is 2. The molecule has 1 aromatic heterocycles. The Bertz CT molecular complexity index is 532. The number of aliphatic hydroxyl groups is 2. The van der Waals surface area contributed by atoms with Crippen LogP contribution in [0, 0.1) is 0 Å². The Labute approximate surface area is 98.2 Å². The lowest BCUT2D eigenvalue weighted by molar-refractivity contribution is 0.121. The Kier molecular flexibility index (Phi) is 4.04. The lowest BCUT2D eigenvalue weighted by Gasteiger charge is -2.25. The number of aromatic nitrogens is 1. The standard InChI is InChI=1S/C9H14N2O5S/c1-9(5-12,6-13)11-17(15,16)8-4-10-3-2-7(8)14/h2-4,11-13H,5-6H2,1H3,(H,10,14). The van der Waals surface area contributed by atoms with Crippen LogP contribution in [0.15, 0.2) is 28.2 Å². The molecule has 0 saturated heterocycles. The van der Waals surface area contributed by atoms with Gasteiger partial charge in [0.1, 0.15) is 4.90 Å². The van der Waals surface area contributed by atoms with E-state index in [-0.39, 0.29) is 0 Å². The zero-order valence-electron chi connectivity index (χ0n) is 9.17. The summed E-state index contributed by atoms with van der Waals surface area (Å²) in [6.07, 6.45) is 2.35. The van der Waals surface area contributed by atoms with E-state index in [0.717, 1.165) is 12.3 Å². The summed E-state index contributed by atoms with van der Waals surface area (Å²) in [7, 11) is -4.09. The maximum atomic E-state index is 11.8. The highest BCUT2D eigenvalue weighted by Crippen LogP contribution is 2.08. The SMILES string of the molecule is CC(CO)(CO)NS(=O)(=O)c1c[nH]ccc1=O. The van der Waals surface area contributed by atoms with Gasteiger partial charge in [-0.25, -0.2) is 13.1 Å². The van der Waals surface area contributed by atoms with Crippen LogP contribution in [-0.2, 0) is 10.0 Å². The molecule has 17 heavy (non-hydrogen) atoms. The smallest absolute Gasteiger partial charge is 0.246 e. The van der Waals surface area contributed by atoms with Gasteiger partial charge < -0.3 is 15.2 Å². The molecule has 0 radical (unpaired) electrons. The first kappa shape index (κ1) is 13.8. The normalized spacial score (nSPS) is 12.6. The second-order valence-electron chi connectivity index (χ2n) is 3.86. The molecule has 1 heterocycles. The molecule has 0 unspecified atom stereocenters. The van der Waals surface area contributed by atoms with Crippen LogP contribution in [0.2, 0.25) is 0 Å². The van der Waals surface area contributed by atoms with Crippen molar-refractivity contribution in [3.05, 3.63) is 28.7 Å². The van der Waals surface area contributed by atoms with E-state index < -0.39 is 39.1 Å². The topological polar surface area (TPSA) is 119 Å². The van der Waals surface area contributed by atoms with Crippen molar-refractivity contribution in [2.24, 2.45) is 0 Å². The number of aromatic amines is 1. The van der Waals surface area contributed by atoms with Gasteiger partial charge >= 0.3 is 0 Å². The minimum atomic E-state index is -4.09. The first-order valence-electron chi connectivity index (χ1n) is 4.77. The summed E-state index contributed by atoms with van der Waals surface area (Å²) < 4.78 is 25.7. The Morgan fingerprint density at radius 2 is 2.00 bits per heavy atom. The summed E-state index contributed by atoms with van der Waals surface area (Å²) in [6, 6.07) is 1.07. The average Bonchev–Trinajstić information content (AvgIpc) is 2.28. The van der Waals surface area contributed by atoms with Crippen molar-refractivity contribution in [2.45, 2.75) is 17.4 Å². The number of sulfonamides is 1. The number of pyridine rings is 1. The van der Waals surface area contributed by atoms with Crippen LogP contribution in [-0.4, -0.2) is 42.4 Å². The van der Waals surface area contributed by atoms with E-state index in [1.165, 1.54) is 13.1 Å². The predicted octanol–water partition coefficient (Wildman–Crippen LogP) is -1.60. The minimum Gasteiger partial charge on any atom is -0.394 e. The molecule has 4 N–H and O–H groups in total. The Hall–Kier alpha value is -1.22. The third-order valence-corrected chi connectivity index (χ3v) is 3.82. The quantitative estimate of drug-likeness (QED) is 0.509. The molecule has 0 aliphatic rings. The Morgan fingerprint density at radius 3 is 2.47 bits per heavy atom. The third-order valence-electron chi connectivity index (χ3n) is 2.16. The molecule has 0 amide bonds. The van der Waals surface area contributed by atoms with Crippen LogP contribution in [0.25, 0.3) is 0 Å². The van der Waals surface area contributed by atoms with Crippen LogP contribution in [0.5, 0.6) is 0 Å². The third kappa shape index (κ3) is 3.13. The molecule has 1 rings (SSSR count). The lowest BCUT2D eigenvalue weighted by atomic mass is 10.1. The van der Waals surface area contributed by atoms with Gasteiger partial charge in [0.05, 0.1) is 18.8 Å². The average molecular weight is 262 g/mol. The Balaban J connectivity index is 3.14. The van der Waals surface area contributed by atoms with Gasteiger partial charge in [-0.3, -0.25) is 4.79 Å². The molecular weight excluding hydrogens is 248 g/mol. The van der Waals surface area contributed by atoms with Gasteiger partial charge in [0, 0.05) is 18.5 Å². The van der Waals surface area contributed by atoms with Crippen LogP contribution in [0.1, 0.15) is 6.92 Å². The molecule has 0 saturated carbocycles. The summed E-state index contributed by atoms with van der Waals surface area (Å²) in [5.74, 6) is 0. The van der Waals surface area contributed by atoms with E-state index in [4.69, 9.17) is 10.2 Å². The van der Waals surface area contributed by atoms with Gasteiger partial charge in [0.2, 0.25) is 15.5 Å². The van der Waals surface area contributed by atoms with Gasteiger partial charge in [-0.05, 0) is 6.92 Å². The van der Waals surface area contributed by atoms with Crippen molar-refractivity contribution in [1.82, 2.24) is 9.71 Å². The van der Waals surface area contributed by atoms with E-state index in [1.807, 2.05) is 0 Å². The second-order valence-corrected chi connectivity index (χ2v) is 5.51. The molecule has 7 nitrogen and oxygen atoms in total. The lowest BCUT2D eigenvalue weighted by Crippen LogP contribution is -2.52. The largest absolute Gasteiger partial charge is 0.394 e. The van der Waals surface area contributed by atoms with E-state index in [1.54, 1.807) is 0 Å². The van der Waals surface area contributed by atoms with Gasteiger partial charge in [0.15, 0.2) is 0 Å². The van der Waals surface area contributed by atoms with Crippen molar-refractivity contribution in [1.29, 1.82) is 0 Å². The molecule has 0 aliphatic heterocycles. The number of aliphatic hydroxyl groups excluding tert-OH is 2. The molecule has 0 atom stereocenters. The van der Waals surface area contributed by atoms with Crippen molar-refractivity contribution >= 4 is 10.0 Å². The predicted molar refractivity (Wildman–Crippen MR) is 60.0 cm³/mol. The number of rotatable bonds is 5. The highest BCUT2D eigenvalue weighted by atomic mass is 32.2. The van der Waals surface area contributed by atoms with E-state index >= 15 is 0 Å². The highest BCUT2D eigenvalue weighted by Gasteiger charge is 2.30. The van der Waals surface area contributed by atoms with Gasteiger partial charge in [-0.15, -0.1) is 0 Å². The van der Waals surface area contributed by atoms with Crippen LogP contribution in [0.3, 0.4) is 0 Å². The molecule has 0 fully saturated rings. The summed E-state index contributed by atoms with van der Waals surface area (Å²) in [5.41, 5.74) is -2.09. The molecule has 0 bridgehead atoms. The summed E-state index contributed by atoms with van der Waals surface area (Å²) in [6.45, 7) is 0.141. The molecule has 0 aromatic carbocycles. The fourth-order valence-electron chi connectivity index (χ4n) is 1.10. The van der Waals surface area contributed by atoms with E-state index in [9.17, 15) is 13.2 Å². The summed E-state index contributed by atoms with van der Waals surface area (Å²) >= 11 is 0. The molecule has 0 aliphatic carbocycles. The van der Waals surface area contributed by atoms with Gasteiger partial charge in [0.25, 0.3) is 0 Å². The molecule has 0 spiro atoms. The highest BCUT2D eigenvalue weighted by molar-refractivity contribution is 7.89. The summed E-state index contributed by atoms with van der Waals surface area (Å²) in [5, 5.41) is 18.0. The maximum Gasteiger partial charge on any atom is 0.246 e. The number of H-pyrrole nitrogens is 1. The van der Waals surface area contributed by atoms with Gasteiger partial charge in [-0.2, -0.15) is 0 Å². The number of hydrogen-bond donors (Lipinski definition) is 4. The monoisotopic (exact) mass is 262 g/mol. The molecule has 96 valence electrons. The first-order valence-corrected chi connectivity index (χ1v) is 6.26. The minimum absolute atomic E-state index is 0.465. The van der Waals surface area contributed by atoms with Crippen LogP contribution >= 0.6 is 0 Å². The van der Waals surface area contributed by atoms with Gasteiger partial charge in [-0.1, -0.05) is 0 Å². The zero-order valence-corrected chi connectivity index (χ0v) is 9.99. The first-order chi connectivity index (χ1) is 7.84. The van der Waals surface area contributed by atoms with E-state index in [0.29, 0.717) is 0 Å². The van der Waals surface area contributed by atoms with Crippen molar-refractivity contribution in [3.8, 4) is 0 Å². The fraction of sp³-hybridized carbons (Fsp3) is 0.444. The van der Waals surface area contributed by atoms with Crippen LogP contribution in [0.4, 0.5) is 0 Å². The Morgan fingerprint density at radius 1 is 1.41 bits per heavy atom. The molecular formula is C9H14N2O5S. The number of hydrogen-bond acceptors (Lipinski definition) is 5. The second kappa shape index (κ2) is 4.96. The van der Waals surface area contributed by atoms with Crippen molar-refractivity contribution in [2.75, 3.05) is 13.2 Å². The van der Waals surface area contributed by atoms with Crippen molar-refractivity contribution < 1.29 is 18.6 Å². The fourth-order valence-corrected chi connectivity index (χ4v) is 2.55. The van der Waals surface area contributed by atoms with Crippen molar-refractivity contribution in [3.63, 3.8) is 0 Å². The van der Waals surface area contributed by atoms with E-state index in [2.05, 4.69) is 9.71 Å². The molecule has 8 heteroatoms. The zero-order chi connectivity index (χ0) is 13.1. The van der Waals surface area contributed by atoms with Crippen LogP contribution < -0.4 is 10.2 Å². The summed E-state index contributed by atoms with van der Waals surface area (Å²) in [4.78, 5) is 13.4.